The third-order valence-corrected chi connectivity index (χ3v) is 3.29. The fourth-order valence-electron chi connectivity index (χ4n) is 2.36. The highest BCUT2D eigenvalue weighted by atomic mass is 16.5. The van der Waals surface area contributed by atoms with Crippen molar-refractivity contribution in [2.45, 2.75) is 57.8 Å². The third kappa shape index (κ3) is 3.91. The van der Waals surface area contributed by atoms with Gasteiger partial charge in [0.2, 0.25) is 0 Å². The molecule has 0 unspecified atom stereocenters. The molecule has 2 N–H and O–H groups in total. The number of aliphatic hydroxyl groups is 1. The summed E-state index contributed by atoms with van der Waals surface area (Å²) < 4.78 is 5.61. The number of hydrogen-bond acceptors (Lipinski definition) is 3. The summed E-state index contributed by atoms with van der Waals surface area (Å²) in [5.74, 6) is 0.912. The zero-order valence-corrected chi connectivity index (χ0v) is 11.2. The summed E-state index contributed by atoms with van der Waals surface area (Å²) in [7, 11) is 0. The van der Waals surface area contributed by atoms with Gasteiger partial charge in [0.1, 0.15) is 5.75 Å². The first-order valence-corrected chi connectivity index (χ1v) is 6.85. The van der Waals surface area contributed by atoms with E-state index in [2.05, 4.69) is 17.4 Å². The second-order valence-corrected chi connectivity index (χ2v) is 5.34. The van der Waals surface area contributed by atoms with Crippen LogP contribution in [-0.2, 0) is 0 Å². The number of aliphatic hydroxyl groups excluding tert-OH is 1. The van der Waals surface area contributed by atoms with Crippen LogP contribution in [0.15, 0.2) is 24.3 Å². The van der Waals surface area contributed by atoms with Crippen molar-refractivity contribution in [3.63, 3.8) is 0 Å². The molecule has 1 aromatic carbocycles. The van der Waals surface area contributed by atoms with Gasteiger partial charge in [0.05, 0.1) is 12.2 Å². The van der Waals surface area contributed by atoms with Crippen LogP contribution in [0.5, 0.6) is 5.75 Å². The lowest BCUT2D eigenvalue weighted by atomic mass is 9.93. The smallest absolute Gasteiger partial charge is 0.119 e. The molecule has 18 heavy (non-hydrogen) atoms. The molecule has 0 radical (unpaired) electrons. The van der Waals surface area contributed by atoms with E-state index in [1.54, 1.807) is 0 Å². The molecule has 0 aliphatic heterocycles. The monoisotopic (exact) mass is 249 g/mol. The largest absolute Gasteiger partial charge is 0.491 e. The number of ether oxygens (including phenoxy) is 1. The van der Waals surface area contributed by atoms with Crippen LogP contribution in [0, 0.1) is 0 Å². The molecular weight excluding hydrogens is 226 g/mol. The van der Waals surface area contributed by atoms with E-state index in [-0.39, 0.29) is 12.2 Å². The van der Waals surface area contributed by atoms with Gasteiger partial charge in [0.15, 0.2) is 0 Å². The van der Waals surface area contributed by atoms with E-state index in [1.807, 2.05) is 26.0 Å². The second kappa shape index (κ2) is 6.10. The summed E-state index contributed by atoms with van der Waals surface area (Å²) in [6.45, 7) is 4.05. The van der Waals surface area contributed by atoms with Gasteiger partial charge in [-0.15, -0.1) is 0 Å². The molecule has 1 aromatic rings. The van der Waals surface area contributed by atoms with E-state index in [4.69, 9.17) is 4.74 Å². The molecule has 1 fully saturated rings. The molecule has 0 heterocycles. The van der Waals surface area contributed by atoms with Gasteiger partial charge < -0.3 is 15.2 Å². The van der Waals surface area contributed by atoms with E-state index < -0.39 is 0 Å². The zero-order valence-electron chi connectivity index (χ0n) is 11.2. The van der Waals surface area contributed by atoms with Gasteiger partial charge >= 0.3 is 0 Å². The Morgan fingerprint density at radius 3 is 2.28 bits per heavy atom. The molecule has 3 heteroatoms. The Labute approximate surface area is 109 Å². The molecule has 0 spiro atoms. The molecular formula is C15H23NO2. The van der Waals surface area contributed by atoms with Crippen LogP contribution >= 0.6 is 0 Å². The third-order valence-electron chi connectivity index (χ3n) is 3.29. The highest BCUT2D eigenvalue weighted by Gasteiger charge is 2.18. The van der Waals surface area contributed by atoms with Gasteiger partial charge in [-0.1, -0.05) is 0 Å². The molecule has 0 bridgehead atoms. The van der Waals surface area contributed by atoms with Crippen molar-refractivity contribution >= 4 is 5.69 Å². The Balaban J connectivity index is 1.86. The predicted octanol–water partition coefficient (Wildman–Crippen LogP) is 3.19. The molecule has 1 aliphatic rings. The van der Waals surface area contributed by atoms with Crippen molar-refractivity contribution < 1.29 is 9.84 Å². The van der Waals surface area contributed by atoms with Gasteiger partial charge in [0.25, 0.3) is 0 Å². The maximum Gasteiger partial charge on any atom is 0.119 e. The van der Waals surface area contributed by atoms with E-state index in [0.717, 1.165) is 37.1 Å². The van der Waals surface area contributed by atoms with Crippen LogP contribution in [0.1, 0.15) is 39.5 Å². The lowest BCUT2D eigenvalue weighted by Crippen LogP contribution is -2.28. The van der Waals surface area contributed by atoms with Gasteiger partial charge in [-0.25, -0.2) is 0 Å². The average Bonchev–Trinajstić information content (AvgIpc) is 2.34. The van der Waals surface area contributed by atoms with Crippen molar-refractivity contribution in [2.24, 2.45) is 0 Å². The van der Waals surface area contributed by atoms with Crippen LogP contribution in [-0.4, -0.2) is 23.4 Å². The van der Waals surface area contributed by atoms with Gasteiger partial charge in [0, 0.05) is 11.7 Å². The standard InChI is InChI=1S/C15H23NO2/c1-11(2)18-15-9-5-13(6-10-15)16-12-3-7-14(17)8-4-12/h5-6,9-12,14,16-17H,3-4,7-8H2,1-2H3. The predicted molar refractivity (Wildman–Crippen MR) is 74.1 cm³/mol. The number of nitrogens with one attached hydrogen (secondary N) is 1. The molecule has 1 aliphatic carbocycles. The Hall–Kier alpha value is -1.22. The zero-order chi connectivity index (χ0) is 13.0. The molecule has 0 aromatic heterocycles. The molecule has 1 saturated carbocycles. The summed E-state index contributed by atoms with van der Waals surface area (Å²) in [5, 5.41) is 13.0. The van der Waals surface area contributed by atoms with Crippen LogP contribution in [0.4, 0.5) is 5.69 Å². The van der Waals surface area contributed by atoms with Crippen LogP contribution in [0.2, 0.25) is 0 Å². The molecule has 0 atom stereocenters. The Morgan fingerprint density at radius 1 is 1.11 bits per heavy atom. The van der Waals surface area contributed by atoms with Crippen molar-refractivity contribution in [3.05, 3.63) is 24.3 Å². The number of anilines is 1. The summed E-state index contributed by atoms with van der Waals surface area (Å²) in [5.41, 5.74) is 1.13. The minimum Gasteiger partial charge on any atom is -0.491 e. The molecule has 0 amide bonds. The normalized spacial score (nSPS) is 24.0. The topological polar surface area (TPSA) is 41.5 Å². The highest BCUT2D eigenvalue weighted by molar-refractivity contribution is 5.47. The Morgan fingerprint density at radius 2 is 1.72 bits per heavy atom. The fraction of sp³-hybridized carbons (Fsp3) is 0.600. The van der Waals surface area contributed by atoms with Crippen LogP contribution in [0.3, 0.4) is 0 Å². The van der Waals surface area contributed by atoms with E-state index >= 15 is 0 Å². The van der Waals surface area contributed by atoms with Crippen molar-refractivity contribution in [1.82, 2.24) is 0 Å². The minimum absolute atomic E-state index is 0.0927. The lowest BCUT2D eigenvalue weighted by Gasteiger charge is -2.27. The fourth-order valence-corrected chi connectivity index (χ4v) is 2.36. The first-order valence-electron chi connectivity index (χ1n) is 6.85. The Kier molecular flexibility index (Phi) is 4.48. The highest BCUT2D eigenvalue weighted by Crippen LogP contribution is 2.23. The lowest BCUT2D eigenvalue weighted by molar-refractivity contribution is 0.126. The summed E-state index contributed by atoms with van der Waals surface area (Å²) >= 11 is 0. The first kappa shape index (κ1) is 13.2. The van der Waals surface area contributed by atoms with Crippen molar-refractivity contribution in [3.8, 4) is 5.75 Å². The second-order valence-electron chi connectivity index (χ2n) is 5.34. The maximum atomic E-state index is 9.47. The Bertz CT molecular complexity index is 353. The van der Waals surface area contributed by atoms with Crippen molar-refractivity contribution in [2.75, 3.05) is 5.32 Å². The number of rotatable bonds is 4. The van der Waals surface area contributed by atoms with Crippen molar-refractivity contribution in [1.29, 1.82) is 0 Å². The summed E-state index contributed by atoms with van der Waals surface area (Å²) in [6, 6.07) is 8.61. The van der Waals surface area contributed by atoms with Crippen LogP contribution < -0.4 is 10.1 Å². The summed E-state index contributed by atoms with van der Waals surface area (Å²) in [6.07, 6.45) is 4.03. The number of hydrogen-bond donors (Lipinski definition) is 2. The molecule has 3 nitrogen and oxygen atoms in total. The van der Waals surface area contributed by atoms with Gasteiger partial charge in [-0.05, 0) is 63.8 Å². The van der Waals surface area contributed by atoms with Crippen LogP contribution in [0.25, 0.3) is 0 Å². The summed E-state index contributed by atoms with van der Waals surface area (Å²) in [4.78, 5) is 0. The van der Waals surface area contributed by atoms with E-state index in [0.29, 0.717) is 6.04 Å². The minimum atomic E-state index is -0.0927. The van der Waals surface area contributed by atoms with Gasteiger partial charge in [-0.3, -0.25) is 0 Å². The number of benzene rings is 1. The van der Waals surface area contributed by atoms with Gasteiger partial charge in [-0.2, -0.15) is 0 Å². The van der Waals surface area contributed by atoms with E-state index in [1.165, 1.54) is 0 Å². The van der Waals surface area contributed by atoms with E-state index in [9.17, 15) is 5.11 Å². The first-order chi connectivity index (χ1) is 8.63. The molecule has 2 rings (SSSR count). The average molecular weight is 249 g/mol. The molecule has 0 saturated heterocycles. The maximum absolute atomic E-state index is 9.47. The SMILES string of the molecule is CC(C)Oc1ccc(NC2CCC(O)CC2)cc1. The molecule has 100 valence electrons. The quantitative estimate of drug-likeness (QED) is 0.861.